The van der Waals surface area contributed by atoms with E-state index in [9.17, 15) is 14.7 Å². The molecule has 0 aliphatic carbocycles. The van der Waals surface area contributed by atoms with Crippen molar-refractivity contribution in [3.63, 3.8) is 0 Å². The van der Waals surface area contributed by atoms with Crippen LogP contribution in [-0.2, 0) is 11.2 Å². The van der Waals surface area contributed by atoms with E-state index in [0.717, 1.165) is 12.0 Å². The van der Waals surface area contributed by atoms with E-state index in [1.165, 1.54) is 17.8 Å². The summed E-state index contributed by atoms with van der Waals surface area (Å²) in [6, 6.07) is 17.8. The number of hydrogen-bond acceptors (Lipinski definition) is 6. The van der Waals surface area contributed by atoms with Gasteiger partial charge in [-0.15, -0.1) is 11.8 Å². The molecule has 0 unspecified atom stereocenters. The molecule has 0 fully saturated rings. The number of esters is 1. The minimum Gasteiger partial charge on any atom is -0.506 e. The molecule has 1 N–H and O–H groups in total. The maximum Gasteiger partial charge on any atom is 0.353 e. The van der Waals surface area contributed by atoms with E-state index in [4.69, 9.17) is 9.15 Å². The molecule has 0 spiro atoms. The first-order valence-electron chi connectivity index (χ1n) is 8.90. The topological polar surface area (TPSA) is 76.7 Å². The Bertz CT molecular complexity index is 994. The van der Waals surface area contributed by atoms with Crippen molar-refractivity contribution in [3.05, 3.63) is 82.2 Å². The van der Waals surface area contributed by atoms with E-state index in [0.29, 0.717) is 23.5 Å². The van der Waals surface area contributed by atoms with Crippen LogP contribution in [0.4, 0.5) is 0 Å². The van der Waals surface area contributed by atoms with Gasteiger partial charge in [-0.3, -0.25) is 0 Å². The van der Waals surface area contributed by atoms with Crippen molar-refractivity contribution in [3.8, 4) is 17.1 Å². The van der Waals surface area contributed by atoms with Gasteiger partial charge < -0.3 is 14.3 Å². The number of ether oxygens (including phenoxy) is 1. The Morgan fingerprint density at radius 3 is 2.46 bits per heavy atom. The Morgan fingerprint density at radius 2 is 1.82 bits per heavy atom. The number of aryl methyl sites for hydroxylation is 1. The molecular formula is C22H20O5S. The van der Waals surface area contributed by atoms with Gasteiger partial charge in [-0.1, -0.05) is 42.5 Å². The second-order valence-corrected chi connectivity index (χ2v) is 7.10. The second-order valence-electron chi connectivity index (χ2n) is 5.99. The number of thioether (sulfide) groups is 1. The standard InChI is InChI=1S/C22H20O5S/c1-2-26-21(24)17-10-8-16(9-11-17)19-14-18(23)20(22(25)27-19)28-13-12-15-6-4-3-5-7-15/h3-11,14,23H,2,12-13H2,1H3. The molecule has 3 aromatic rings. The van der Waals surface area contributed by atoms with E-state index in [1.54, 1.807) is 31.2 Å². The molecule has 1 aromatic heterocycles. The van der Waals surface area contributed by atoms with Crippen molar-refractivity contribution < 1.29 is 19.1 Å². The minimum atomic E-state index is -0.581. The zero-order valence-corrected chi connectivity index (χ0v) is 16.2. The van der Waals surface area contributed by atoms with Crippen LogP contribution in [0.3, 0.4) is 0 Å². The molecule has 28 heavy (non-hydrogen) atoms. The fraction of sp³-hybridized carbons (Fsp3) is 0.182. The van der Waals surface area contributed by atoms with Crippen molar-refractivity contribution in [1.29, 1.82) is 0 Å². The monoisotopic (exact) mass is 396 g/mol. The third-order valence-electron chi connectivity index (χ3n) is 4.05. The molecule has 0 radical (unpaired) electrons. The van der Waals surface area contributed by atoms with Gasteiger partial charge in [-0.25, -0.2) is 9.59 Å². The fourth-order valence-electron chi connectivity index (χ4n) is 2.65. The van der Waals surface area contributed by atoms with Crippen LogP contribution in [0.5, 0.6) is 5.75 Å². The van der Waals surface area contributed by atoms with Crippen molar-refractivity contribution in [2.24, 2.45) is 0 Å². The minimum absolute atomic E-state index is 0.112. The fourth-order valence-corrected chi connectivity index (χ4v) is 3.55. The predicted molar refractivity (Wildman–Crippen MR) is 109 cm³/mol. The maximum absolute atomic E-state index is 12.3. The van der Waals surface area contributed by atoms with Crippen LogP contribution in [0.1, 0.15) is 22.8 Å². The number of benzene rings is 2. The summed E-state index contributed by atoms with van der Waals surface area (Å²) in [6.07, 6.45) is 0.779. The average molecular weight is 396 g/mol. The van der Waals surface area contributed by atoms with Gasteiger partial charge in [0.25, 0.3) is 0 Å². The molecule has 0 saturated carbocycles. The molecular weight excluding hydrogens is 376 g/mol. The van der Waals surface area contributed by atoms with Crippen LogP contribution in [-0.4, -0.2) is 23.4 Å². The molecule has 3 rings (SSSR count). The molecule has 1 heterocycles. The summed E-state index contributed by atoms with van der Waals surface area (Å²) < 4.78 is 10.3. The van der Waals surface area contributed by atoms with Crippen molar-refractivity contribution in [1.82, 2.24) is 0 Å². The zero-order chi connectivity index (χ0) is 19.9. The quantitative estimate of drug-likeness (QED) is 0.467. The summed E-state index contributed by atoms with van der Waals surface area (Å²) in [6.45, 7) is 2.04. The molecule has 2 aromatic carbocycles. The summed E-state index contributed by atoms with van der Waals surface area (Å²) in [5.74, 6) is 0.364. The highest BCUT2D eigenvalue weighted by Crippen LogP contribution is 2.30. The number of carbonyl (C=O) groups is 1. The van der Waals surface area contributed by atoms with Crippen LogP contribution < -0.4 is 5.63 Å². The average Bonchev–Trinajstić information content (AvgIpc) is 2.71. The third kappa shape index (κ3) is 4.84. The lowest BCUT2D eigenvalue weighted by atomic mass is 10.1. The van der Waals surface area contributed by atoms with E-state index >= 15 is 0 Å². The van der Waals surface area contributed by atoms with E-state index in [2.05, 4.69) is 0 Å². The number of aromatic hydroxyl groups is 1. The molecule has 6 heteroatoms. The highest BCUT2D eigenvalue weighted by molar-refractivity contribution is 7.99. The first-order valence-corrected chi connectivity index (χ1v) is 9.88. The Kier molecular flexibility index (Phi) is 6.55. The van der Waals surface area contributed by atoms with Gasteiger partial charge in [0, 0.05) is 17.4 Å². The predicted octanol–water partition coefficient (Wildman–Crippen LogP) is 4.52. The lowest BCUT2D eigenvalue weighted by Gasteiger charge is -2.07. The van der Waals surface area contributed by atoms with Gasteiger partial charge in [0.15, 0.2) is 0 Å². The molecule has 0 aliphatic rings. The van der Waals surface area contributed by atoms with Crippen LogP contribution in [0.15, 0.2) is 74.8 Å². The third-order valence-corrected chi connectivity index (χ3v) is 5.12. The maximum atomic E-state index is 12.3. The Morgan fingerprint density at radius 1 is 1.11 bits per heavy atom. The van der Waals surface area contributed by atoms with Gasteiger partial charge >= 0.3 is 11.6 Å². The Hall–Kier alpha value is -2.99. The Labute approximate surface area is 167 Å². The summed E-state index contributed by atoms with van der Waals surface area (Å²) in [5, 5.41) is 10.3. The highest BCUT2D eigenvalue weighted by atomic mass is 32.2. The van der Waals surface area contributed by atoms with Crippen molar-refractivity contribution >= 4 is 17.7 Å². The number of rotatable bonds is 7. The molecule has 144 valence electrons. The molecule has 0 saturated heterocycles. The lowest BCUT2D eigenvalue weighted by Crippen LogP contribution is -2.05. The van der Waals surface area contributed by atoms with Crippen molar-refractivity contribution in [2.75, 3.05) is 12.4 Å². The largest absolute Gasteiger partial charge is 0.506 e. The van der Waals surface area contributed by atoms with Gasteiger partial charge in [0.05, 0.1) is 12.2 Å². The first-order chi connectivity index (χ1) is 13.6. The smallest absolute Gasteiger partial charge is 0.353 e. The van der Waals surface area contributed by atoms with Crippen LogP contribution in [0.2, 0.25) is 0 Å². The summed E-state index contributed by atoms with van der Waals surface area (Å²) >= 11 is 1.27. The van der Waals surface area contributed by atoms with Crippen LogP contribution in [0.25, 0.3) is 11.3 Å². The van der Waals surface area contributed by atoms with Crippen LogP contribution in [0, 0.1) is 0 Å². The number of hydrogen-bond donors (Lipinski definition) is 1. The second kappa shape index (κ2) is 9.28. The normalized spacial score (nSPS) is 10.6. The van der Waals surface area contributed by atoms with Gasteiger partial charge in [0.2, 0.25) is 0 Å². The van der Waals surface area contributed by atoms with E-state index < -0.39 is 11.6 Å². The summed E-state index contributed by atoms with van der Waals surface area (Å²) in [4.78, 5) is 24.2. The molecule has 5 nitrogen and oxygen atoms in total. The SMILES string of the molecule is CCOC(=O)c1ccc(-c2cc(O)c(SCCc3ccccc3)c(=O)o2)cc1. The zero-order valence-electron chi connectivity index (χ0n) is 15.4. The molecule has 0 atom stereocenters. The van der Waals surface area contributed by atoms with Gasteiger partial charge in [-0.05, 0) is 31.0 Å². The Balaban J connectivity index is 1.72. The van der Waals surface area contributed by atoms with Gasteiger partial charge in [0.1, 0.15) is 16.4 Å². The molecule has 0 amide bonds. The van der Waals surface area contributed by atoms with Gasteiger partial charge in [-0.2, -0.15) is 0 Å². The molecule has 0 aliphatic heterocycles. The van der Waals surface area contributed by atoms with E-state index in [-0.39, 0.29) is 16.4 Å². The van der Waals surface area contributed by atoms with Crippen molar-refractivity contribution in [2.45, 2.75) is 18.2 Å². The van der Waals surface area contributed by atoms with E-state index in [1.807, 2.05) is 30.3 Å². The highest BCUT2D eigenvalue weighted by Gasteiger charge is 2.14. The number of carbonyl (C=O) groups excluding carboxylic acids is 1. The van der Waals surface area contributed by atoms with Crippen LogP contribution >= 0.6 is 11.8 Å². The molecule has 0 bridgehead atoms. The first kappa shape index (κ1) is 19.8. The lowest BCUT2D eigenvalue weighted by molar-refractivity contribution is 0.0526. The summed E-state index contributed by atoms with van der Waals surface area (Å²) in [7, 11) is 0. The summed E-state index contributed by atoms with van der Waals surface area (Å²) in [5.41, 5.74) is 1.58.